The van der Waals surface area contributed by atoms with E-state index in [9.17, 15) is 0 Å². The van der Waals surface area contributed by atoms with Crippen molar-refractivity contribution in [3.8, 4) is 0 Å². The van der Waals surface area contributed by atoms with Crippen LogP contribution in [0.15, 0.2) is 6.07 Å². The molecule has 0 aromatic carbocycles. The summed E-state index contributed by atoms with van der Waals surface area (Å²) in [7, 11) is 6.45. The minimum absolute atomic E-state index is 0.181. The highest BCUT2D eigenvalue weighted by molar-refractivity contribution is 7.12. The van der Waals surface area contributed by atoms with E-state index in [-0.39, 0.29) is 5.54 Å². The van der Waals surface area contributed by atoms with Crippen molar-refractivity contribution in [1.82, 2.24) is 15.1 Å². The van der Waals surface area contributed by atoms with Crippen LogP contribution in [0.2, 0.25) is 0 Å². The first-order chi connectivity index (χ1) is 9.17. The fourth-order valence-electron chi connectivity index (χ4n) is 1.92. The third kappa shape index (κ3) is 6.84. The molecule has 1 rings (SSSR count). The number of aryl methyl sites for hydroxylation is 1. The summed E-state index contributed by atoms with van der Waals surface area (Å²) in [6.45, 7) is 13.1. The van der Waals surface area contributed by atoms with E-state index in [1.165, 1.54) is 15.3 Å². The molecule has 0 saturated carbocycles. The van der Waals surface area contributed by atoms with Gasteiger partial charge in [-0.2, -0.15) is 0 Å². The molecule has 1 heterocycles. The van der Waals surface area contributed by atoms with Gasteiger partial charge in [-0.05, 0) is 60.5 Å². The van der Waals surface area contributed by atoms with Crippen molar-refractivity contribution >= 4 is 11.3 Å². The molecule has 0 aliphatic heterocycles. The van der Waals surface area contributed by atoms with Gasteiger partial charge in [0.15, 0.2) is 0 Å². The van der Waals surface area contributed by atoms with Gasteiger partial charge in [0.1, 0.15) is 0 Å². The minimum atomic E-state index is 0.181. The lowest BCUT2D eigenvalue weighted by Crippen LogP contribution is -2.34. The van der Waals surface area contributed by atoms with Crippen LogP contribution in [-0.2, 0) is 13.1 Å². The molecule has 1 N–H and O–H groups in total. The zero-order valence-electron chi connectivity index (χ0n) is 14.2. The van der Waals surface area contributed by atoms with Gasteiger partial charge in [0, 0.05) is 41.5 Å². The van der Waals surface area contributed by atoms with Crippen molar-refractivity contribution in [3.63, 3.8) is 0 Å². The van der Waals surface area contributed by atoms with E-state index in [1.54, 1.807) is 0 Å². The van der Waals surface area contributed by atoms with Gasteiger partial charge in [0.2, 0.25) is 0 Å². The lowest BCUT2D eigenvalue weighted by Gasteiger charge is -2.20. The highest BCUT2D eigenvalue weighted by atomic mass is 32.1. The van der Waals surface area contributed by atoms with Crippen LogP contribution in [0.3, 0.4) is 0 Å². The van der Waals surface area contributed by atoms with E-state index >= 15 is 0 Å². The zero-order chi connectivity index (χ0) is 15.3. The summed E-state index contributed by atoms with van der Waals surface area (Å²) in [4.78, 5) is 7.52. The Kier molecular flexibility index (Phi) is 6.65. The second-order valence-corrected chi connectivity index (χ2v) is 8.28. The van der Waals surface area contributed by atoms with Gasteiger partial charge in [-0.3, -0.25) is 0 Å². The number of nitrogens with zero attached hydrogens (tertiary/aromatic N) is 2. The molecule has 0 atom stereocenters. The van der Waals surface area contributed by atoms with Crippen LogP contribution in [0.25, 0.3) is 0 Å². The van der Waals surface area contributed by atoms with E-state index in [4.69, 9.17) is 0 Å². The van der Waals surface area contributed by atoms with Gasteiger partial charge in [0.25, 0.3) is 0 Å². The molecule has 0 fully saturated rings. The van der Waals surface area contributed by atoms with E-state index in [1.807, 2.05) is 11.3 Å². The third-order valence-corrected chi connectivity index (χ3v) is 4.33. The second kappa shape index (κ2) is 7.55. The molecule has 0 unspecified atom stereocenters. The zero-order valence-corrected chi connectivity index (χ0v) is 15.0. The normalized spacial score (nSPS) is 12.7. The average Bonchev–Trinajstić information content (AvgIpc) is 2.64. The monoisotopic (exact) mass is 297 g/mol. The van der Waals surface area contributed by atoms with Crippen molar-refractivity contribution in [3.05, 3.63) is 21.4 Å². The molecular weight excluding hydrogens is 266 g/mol. The van der Waals surface area contributed by atoms with Gasteiger partial charge in [0.05, 0.1) is 0 Å². The fraction of sp³-hybridized carbons (Fsp3) is 0.750. The standard InChI is InChI=1S/C16H31N3S/c1-13-14(12-19(7)9-8-18(5)6)10-15(20-13)11-17-16(2,3)4/h10,17H,8-9,11-12H2,1-7H3. The summed E-state index contributed by atoms with van der Waals surface area (Å²) in [5, 5.41) is 3.56. The molecule has 0 saturated heterocycles. The highest BCUT2D eigenvalue weighted by Crippen LogP contribution is 2.23. The van der Waals surface area contributed by atoms with Crippen LogP contribution in [0.5, 0.6) is 0 Å². The molecule has 4 heteroatoms. The molecule has 0 aliphatic rings. The molecule has 0 amide bonds. The van der Waals surface area contributed by atoms with Crippen LogP contribution in [0.4, 0.5) is 0 Å². The first-order valence-corrected chi connectivity index (χ1v) is 8.15. The van der Waals surface area contributed by atoms with Crippen LogP contribution in [0.1, 0.15) is 36.1 Å². The minimum Gasteiger partial charge on any atom is -0.308 e. The molecule has 0 radical (unpaired) electrons. The molecule has 0 spiro atoms. The third-order valence-electron chi connectivity index (χ3n) is 3.23. The van der Waals surface area contributed by atoms with E-state index < -0.39 is 0 Å². The first kappa shape index (κ1) is 17.6. The Morgan fingerprint density at radius 1 is 1.15 bits per heavy atom. The first-order valence-electron chi connectivity index (χ1n) is 7.34. The number of nitrogens with one attached hydrogen (secondary N) is 1. The topological polar surface area (TPSA) is 18.5 Å². The predicted molar refractivity (Wildman–Crippen MR) is 90.5 cm³/mol. The lowest BCUT2D eigenvalue weighted by molar-refractivity contribution is 0.276. The van der Waals surface area contributed by atoms with Crippen LogP contribution >= 0.6 is 11.3 Å². The summed E-state index contributed by atoms with van der Waals surface area (Å²) in [6, 6.07) is 2.37. The maximum absolute atomic E-state index is 3.56. The molecular formula is C16H31N3S. The van der Waals surface area contributed by atoms with Gasteiger partial charge in [-0.15, -0.1) is 11.3 Å². The molecule has 3 nitrogen and oxygen atoms in total. The number of rotatable bonds is 7. The SMILES string of the molecule is Cc1sc(CNC(C)(C)C)cc1CN(C)CCN(C)C. The Balaban J connectivity index is 2.52. The average molecular weight is 298 g/mol. The van der Waals surface area contributed by atoms with E-state index in [2.05, 4.69) is 70.0 Å². The maximum atomic E-state index is 3.56. The maximum Gasteiger partial charge on any atom is 0.0304 e. The van der Waals surface area contributed by atoms with Gasteiger partial charge in [-0.25, -0.2) is 0 Å². The summed E-state index contributed by atoms with van der Waals surface area (Å²) in [6.07, 6.45) is 0. The molecule has 20 heavy (non-hydrogen) atoms. The van der Waals surface area contributed by atoms with Crippen molar-refractivity contribution in [2.75, 3.05) is 34.2 Å². The number of hydrogen-bond donors (Lipinski definition) is 1. The summed E-state index contributed by atoms with van der Waals surface area (Å²) in [5.74, 6) is 0. The van der Waals surface area contributed by atoms with Gasteiger partial charge < -0.3 is 15.1 Å². The Hall–Kier alpha value is -0.420. The van der Waals surface area contributed by atoms with Crippen LogP contribution in [-0.4, -0.2) is 49.6 Å². The summed E-state index contributed by atoms with van der Waals surface area (Å²) >= 11 is 1.92. The molecule has 0 bridgehead atoms. The smallest absolute Gasteiger partial charge is 0.0304 e. The van der Waals surface area contributed by atoms with Gasteiger partial charge >= 0.3 is 0 Å². The van der Waals surface area contributed by atoms with Crippen molar-refractivity contribution in [1.29, 1.82) is 0 Å². The van der Waals surface area contributed by atoms with Crippen molar-refractivity contribution in [2.45, 2.75) is 46.3 Å². The van der Waals surface area contributed by atoms with E-state index in [0.29, 0.717) is 0 Å². The van der Waals surface area contributed by atoms with Crippen LogP contribution < -0.4 is 5.32 Å². The van der Waals surface area contributed by atoms with Gasteiger partial charge in [-0.1, -0.05) is 0 Å². The summed E-state index contributed by atoms with van der Waals surface area (Å²) in [5.41, 5.74) is 1.66. The molecule has 116 valence electrons. The van der Waals surface area contributed by atoms with Crippen molar-refractivity contribution < 1.29 is 0 Å². The highest BCUT2D eigenvalue weighted by Gasteiger charge is 2.12. The number of likely N-dealkylation sites (N-methyl/N-ethyl adjacent to an activating group) is 2. The second-order valence-electron chi connectivity index (χ2n) is 6.94. The Morgan fingerprint density at radius 2 is 1.80 bits per heavy atom. The van der Waals surface area contributed by atoms with Crippen molar-refractivity contribution in [2.24, 2.45) is 0 Å². The molecule has 0 aliphatic carbocycles. The predicted octanol–water partition coefficient (Wildman–Crippen LogP) is 2.94. The Bertz CT molecular complexity index is 404. The number of thiophene rings is 1. The fourth-order valence-corrected chi connectivity index (χ4v) is 2.92. The molecule has 1 aromatic heterocycles. The number of hydrogen-bond acceptors (Lipinski definition) is 4. The Labute approximate surface area is 129 Å². The van der Waals surface area contributed by atoms with Crippen LogP contribution in [0, 0.1) is 6.92 Å². The quantitative estimate of drug-likeness (QED) is 0.835. The summed E-state index contributed by atoms with van der Waals surface area (Å²) < 4.78 is 0. The lowest BCUT2D eigenvalue weighted by atomic mass is 10.1. The molecule has 1 aromatic rings. The largest absolute Gasteiger partial charge is 0.308 e. The van der Waals surface area contributed by atoms with E-state index in [0.717, 1.165) is 26.2 Å². The Morgan fingerprint density at radius 3 is 2.35 bits per heavy atom.